The van der Waals surface area contributed by atoms with Gasteiger partial charge in [0.05, 0.1) is 17.7 Å². The summed E-state index contributed by atoms with van der Waals surface area (Å²) in [6.45, 7) is 1.79. The second-order valence-electron chi connectivity index (χ2n) is 7.60. The van der Waals surface area contributed by atoms with Gasteiger partial charge < -0.3 is 20.4 Å². The third kappa shape index (κ3) is 4.28. The summed E-state index contributed by atoms with van der Waals surface area (Å²) < 4.78 is 5.83. The van der Waals surface area contributed by atoms with Gasteiger partial charge in [-0.3, -0.25) is 9.59 Å². The van der Waals surface area contributed by atoms with Crippen LogP contribution in [0.3, 0.4) is 0 Å². The van der Waals surface area contributed by atoms with Gasteiger partial charge >= 0.3 is 0 Å². The SMILES string of the molecule is O=C(Nc1ccc(OCCC2CCCCN2)cc1)c1c[nH]c2c1C(=O)CCC2. The fourth-order valence-corrected chi connectivity index (χ4v) is 4.03. The van der Waals surface area contributed by atoms with E-state index in [-0.39, 0.29) is 11.7 Å². The monoisotopic (exact) mass is 381 g/mol. The normalized spacial score (nSPS) is 19.1. The summed E-state index contributed by atoms with van der Waals surface area (Å²) in [5.41, 5.74) is 2.54. The molecule has 2 aliphatic rings. The van der Waals surface area contributed by atoms with Crippen molar-refractivity contribution in [3.63, 3.8) is 0 Å². The van der Waals surface area contributed by atoms with E-state index in [1.807, 2.05) is 24.3 Å². The maximum atomic E-state index is 12.6. The first-order chi connectivity index (χ1) is 13.7. The lowest BCUT2D eigenvalue weighted by Crippen LogP contribution is -2.35. The Balaban J connectivity index is 1.31. The fourth-order valence-electron chi connectivity index (χ4n) is 4.03. The number of ether oxygens (including phenoxy) is 1. The van der Waals surface area contributed by atoms with Gasteiger partial charge in [-0.15, -0.1) is 0 Å². The molecule has 2 aromatic rings. The number of aryl methyl sites for hydroxylation is 1. The first-order valence-electron chi connectivity index (χ1n) is 10.2. The highest BCUT2D eigenvalue weighted by Crippen LogP contribution is 2.25. The molecule has 6 nitrogen and oxygen atoms in total. The molecule has 1 aromatic heterocycles. The lowest BCUT2D eigenvalue weighted by atomic mass is 9.93. The molecule has 4 rings (SSSR count). The summed E-state index contributed by atoms with van der Waals surface area (Å²) in [6.07, 6.45) is 8.59. The lowest BCUT2D eigenvalue weighted by Gasteiger charge is -2.23. The van der Waals surface area contributed by atoms with Crippen LogP contribution in [-0.4, -0.2) is 35.9 Å². The van der Waals surface area contributed by atoms with Crippen molar-refractivity contribution in [1.82, 2.24) is 10.3 Å². The molecule has 0 saturated carbocycles. The number of fused-ring (bicyclic) bond motifs is 1. The molecule has 28 heavy (non-hydrogen) atoms. The molecule has 148 valence electrons. The average Bonchev–Trinajstić information content (AvgIpc) is 3.16. The van der Waals surface area contributed by atoms with E-state index in [1.165, 1.54) is 19.3 Å². The zero-order chi connectivity index (χ0) is 19.3. The van der Waals surface area contributed by atoms with E-state index in [9.17, 15) is 9.59 Å². The molecule has 1 saturated heterocycles. The number of benzene rings is 1. The third-order valence-electron chi connectivity index (χ3n) is 5.58. The Bertz CT molecular complexity index is 835. The molecule has 1 unspecified atom stereocenters. The summed E-state index contributed by atoms with van der Waals surface area (Å²) in [4.78, 5) is 27.8. The smallest absolute Gasteiger partial charge is 0.257 e. The van der Waals surface area contributed by atoms with Crippen LogP contribution in [-0.2, 0) is 6.42 Å². The maximum Gasteiger partial charge on any atom is 0.257 e. The summed E-state index contributed by atoms with van der Waals surface area (Å²) in [5.74, 6) is 0.580. The number of carbonyl (C=O) groups excluding carboxylic acids is 2. The molecule has 1 atom stereocenters. The first-order valence-corrected chi connectivity index (χ1v) is 10.2. The van der Waals surface area contributed by atoms with Gasteiger partial charge in [-0.05, 0) is 62.9 Å². The number of aromatic nitrogens is 1. The van der Waals surface area contributed by atoms with Crippen LogP contribution in [0.4, 0.5) is 5.69 Å². The molecular formula is C22H27N3O3. The van der Waals surface area contributed by atoms with Crippen LogP contribution in [0.25, 0.3) is 0 Å². The molecule has 1 fully saturated rings. The molecular weight excluding hydrogens is 354 g/mol. The number of anilines is 1. The van der Waals surface area contributed by atoms with E-state index in [0.29, 0.717) is 35.9 Å². The lowest BCUT2D eigenvalue weighted by molar-refractivity contribution is 0.0956. The van der Waals surface area contributed by atoms with Gasteiger partial charge in [0.2, 0.25) is 0 Å². The number of ketones is 1. The summed E-state index contributed by atoms with van der Waals surface area (Å²) in [6, 6.07) is 7.94. The Morgan fingerprint density at radius 1 is 1.14 bits per heavy atom. The van der Waals surface area contributed by atoms with Crippen LogP contribution in [0, 0.1) is 0 Å². The number of piperidine rings is 1. The van der Waals surface area contributed by atoms with Crippen molar-refractivity contribution in [3.05, 3.63) is 47.3 Å². The fraction of sp³-hybridized carbons (Fsp3) is 0.455. The molecule has 3 N–H and O–H groups in total. The van der Waals surface area contributed by atoms with E-state index in [2.05, 4.69) is 15.6 Å². The molecule has 0 radical (unpaired) electrons. The first kappa shape index (κ1) is 18.7. The highest BCUT2D eigenvalue weighted by atomic mass is 16.5. The van der Waals surface area contributed by atoms with Crippen molar-refractivity contribution in [3.8, 4) is 5.75 Å². The number of rotatable bonds is 6. The topological polar surface area (TPSA) is 83.2 Å². The molecule has 0 spiro atoms. The number of nitrogens with one attached hydrogen (secondary N) is 3. The van der Waals surface area contributed by atoms with Gasteiger partial charge in [-0.25, -0.2) is 0 Å². The van der Waals surface area contributed by atoms with Crippen molar-refractivity contribution in [2.75, 3.05) is 18.5 Å². The predicted octanol–water partition coefficient (Wildman–Crippen LogP) is 3.70. The Labute approximate surface area is 165 Å². The van der Waals surface area contributed by atoms with Crippen molar-refractivity contribution < 1.29 is 14.3 Å². The third-order valence-corrected chi connectivity index (χ3v) is 5.58. The van der Waals surface area contributed by atoms with Crippen LogP contribution in [0.5, 0.6) is 5.75 Å². The van der Waals surface area contributed by atoms with Gasteiger partial charge in [-0.2, -0.15) is 0 Å². The Morgan fingerprint density at radius 2 is 2.00 bits per heavy atom. The minimum atomic E-state index is -0.259. The average molecular weight is 381 g/mol. The number of carbonyl (C=O) groups is 2. The Kier molecular flexibility index (Phi) is 5.76. The minimum Gasteiger partial charge on any atom is -0.494 e. The number of hydrogen-bond donors (Lipinski definition) is 3. The zero-order valence-corrected chi connectivity index (χ0v) is 16.1. The number of aromatic amines is 1. The van der Waals surface area contributed by atoms with E-state index >= 15 is 0 Å². The van der Waals surface area contributed by atoms with E-state index in [0.717, 1.165) is 37.3 Å². The Morgan fingerprint density at radius 3 is 2.79 bits per heavy atom. The van der Waals surface area contributed by atoms with Crippen LogP contribution < -0.4 is 15.4 Å². The summed E-state index contributed by atoms with van der Waals surface area (Å²) in [5, 5.41) is 6.39. The second-order valence-corrected chi connectivity index (χ2v) is 7.60. The summed E-state index contributed by atoms with van der Waals surface area (Å²) in [7, 11) is 0. The number of H-pyrrole nitrogens is 1. The van der Waals surface area contributed by atoms with Crippen molar-refractivity contribution in [1.29, 1.82) is 0 Å². The van der Waals surface area contributed by atoms with Gasteiger partial charge in [-0.1, -0.05) is 6.42 Å². The summed E-state index contributed by atoms with van der Waals surface area (Å²) >= 11 is 0. The molecule has 1 amide bonds. The molecule has 6 heteroatoms. The van der Waals surface area contributed by atoms with Gasteiger partial charge in [0.1, 0.15) is 5.75 Å². The molecule has 1 aliphatic heterocycles. The number of Topliss-reactive ketones (excluding diaryl/α,β-unsaturated/α-hetero) is 1. The van der Waals surface area contributed by atoms with Crippen molar-refractivity contribution in [2.24, 2.45) is 0 Å². The molecule has 2 heterocycles. The van der Waals surface area contributed by atoms with E-state index < -0.39 is 0 Å². The van der Waals surface area contributed by atoms with Crippen LogP contribution in [0.15, 0.2) is 30.5 Å². The van der Waals surface area contributed by atoms with Gasteiger partial charge in [0.15, 0.2) is 5.78 Å². The maximum absolute atomic E-state index is 12.6. The quantitative estimate of drug-likeness (QED) is 0.712. The van der Waals surface area contributed by atoms with Crippen molar-refractivity contribution >= 4 is 17.4 Å². The van der Waals surface area contributed by atoms with E-state index in [4.69, 9.17) is 4.74 Å². The Hall–Kier alpha value is -2.60. The number of hydrogen-bond acceptors (Lipinski definition) is 4. The standard InChI is InChI=1S/C22H27N3O3/c26-20-6-3-5-19-21(20)18(14-24-19)22(27)25-16-7-9-17(10-8-16)28-13-11-15-4-1-2-12-23-15/h7-10,14-15,23-24H,1-6,11-13H2,(H,25,27). The number of amides is 1. The highest BCUT2D eigenvalue weighted by molar-refractivity contribution is 6.13. The molecule has 1 aromatic carbocycles. The van der Waals surface area contributed by atoms with Crippen LogP contribution >= 0.6 is 0 Å². The largest absolute Gasteiger partial charge is 0.494 e. The van der Waals surface area contributed by atoms with Crippen LogP contribution in [0.1, 0.15) is 64.9 Å². The van der Waals surface area contributed by atoms with Gasteiger partial charge in [0.25, 0.3) is 5.91 Å². The predicted molar refractivity (Wildman–Crippen MR) is 108 cm³/mol. The van der Waals surface area contributed by atoms with Gasteiger partial charge in [0, 0.05) is 30.0 Å². The molecule has 1 aliphatic carbocycles. The van der Waals surface area contributed by atoms with Crippen LogP contribution in [0.2, 0.25) is 0 Å². The second kappa shape index (κ2) is 8.61. The minimum absolute atomic E-state index is 0.0452. The van der Waals surface area contributed by atoms with E-state index in [1.54, 1.807) is 6.20 Å². The molecule has 0 bridgehead atoms. The van der Waals surface area contributed by atoms with Crippen molar-refractivity contribution in [2.45, 2.75) is 51.0 Å². The zero-order valence-electron chi connectivity index (χ0n) is 16.1. The highest BCUT2D eigenvalue weighted by Gasteiger charge is 2.25.